The van der Waals surface area contributed by atoms with Gasteiger partial charge in [0.15, 0.2) is 6.61 Å². The first-order chi connectivity index (χ1) is 10.7. The molecule has 1 N–H and O–H groups in total. The van der Waals surface area contributed by atoms with E-state index in [2.05, 4.69) is 4.98 Å². The minimum Gasteiger partial charge on any atom is -0.483 e. The molecule has 0 fully saturated rings. The smallest absolute Gasteiger partial charge is 0.364 e. The second-order valence-electron chi connectivity index (χ2n) is 4.41. The second kappa shape index (κ2) is 6.56. The van der Waals surface area contributed by atoms with Crippen molar-refractivity contribution in [1.29, 1.82) is 0 Å². The Hall–Kier alpha value is -2.11. The highest BCUT2D eigenvalue weighted by Crippen LogP contribution is 2.25. The molecule has 0 unspecified atom stereocenters. The molecule has 0 aliphatic carbocycles. The van der Waals surface area contributed by atoms with Crippen LogP contribution in [-0.2, 0) is 23.8 Å². The first-order valence-electron chi connectivity index (χ1n) is 6.18. The summed E-state index contributed by atoms with van der Waals surface area (Å²) >= 11 is 1.56. The molecule has 1 heterocycles. The molecule has 0 bridgehead atoms. The highest BCUT2D eigenvalue weighted by Gasteiger charge is 2.33. The Morgan fingerprint density at radius 3 is 2.43 bits per heavy atom. The van der Waals surface area contributed by atoms with E-state index in [1.165, 1.54) is 7.05 Å². The van der Waals surface area contributed by atoms with Gasteiger partial charge in [0.2, 0.25) is 5.82 Å². The minimum atomic E-state index is -4.80. The highest BCUT2D eigenvalue weighted by atomic mass is 32.2. The van der Waals surface area contributed by atoms with Gasteiger partial charge in [0.1, 0.15) is 5.75 Å². The minimum absolute atomic E-state index is 0.00160. The van der Waals surface area contributed by atoms with E-state index in [1.807, 2.05) is 18.4 Å². The van der Waals surface area contributed by atoms with Crippen LogP contribution in [0.3, 0.4) is 0 Å². The van der Waals surface area contributed by atoms with E-state index < -0.39 is 25.9 Å². The molecule has 0 amide bonds. The van der Waals surface area contributed by atoms with Gasteiger partial charge in [-0.25, -0.2) is 4.57 Å². The summed E-state index contributed by atoms with van der Waals surface area (Å²) < 4.78 is 37.8. The van der Waals surface area contributed by atoms with Crippen LogP contribution in [0.1, 0.15) is 5.82 Å². The van der Waals surface area contributed by atoms with Gasteiger partial charge in [0, 0.05) is 4.90 Å². The van der Waals surface area contributed by atoms with E-state index in [0.717, 1.165) is 9.46 Å². The van der Waals surface area contributed by atoms with Crippen LogP contribution in [0.4, 0.5) is 5.82 Å². The van der Waals surface area contributed by atoms with Crippen LogP contribution < -0.4 is 4.74 Å². The lowest BCUT2D eigenvalue weighted by Crippen LogP contribution is -2.06. The fourth-order valence-corrected chi connectivity index (χ4v) is 2.90. The maximum absolute atomic E-state index is 11.2. The van der Waals surface area contributed by atoms with Crippen molar-refractivity contribution >= 4 is 27.7 Å². The summed E-state index contributed by atoms with van der Waals surface area (Å²) in [6.07, 6.45) is 1.93. The van der Waals surface area contributed by atoms with Crippen molar-refractivity contribution in [1.82, 2.24) is 9.55 Å². The molecule has 1 aromatic heterocycles. The zero-order chi connectivity index (χ0) is 17.2. The Morgan fingerprint density at radius 1 is 1.39 bits per heavy atom. The van der Waals surface area contributed by atoms with E-state index in [9.17, 15) is 18.5 Å². The predicted octanol–water partition coefficient (Wildman–Crippen LogP) is 1.88. The average Bonchev–Trinajstić information content (AvgIpc) is 2.83. The van der Waals surface area contributed by atoms with Gasteiger partial charge >= 0.3 is 15.9 Å². The number of nitrogens with zero attached hydrogens (tertiary/aromatic N) is 3. The summed E-state index contributed by atoms with van der Waals surface area (Å²) in [6.45, 7) is -0.189. The number of thioether (sulfide) groups is 1. The van der Waals surface area contributed by atoms with Crippen LogP contribution in [0.15, 0.2) is 34.2 Å². The third kappa shape index (κ3) is 3.81. The van der Waals surface area contributed by atoms with Crippen molar-refractivity contribution in [2.45, 2.75) is 16.5 Å². The molecule has 0 spiro atoms. The molecule has 0 saturated heterocycles. The lowest BCUT2D eigenvalue weighted by Gasteiger charge is -2.04. The molecule has 0 aliphatic heterocycles. The summed E-state index contributed by atoms with van der Waals surface area (Å²) in [5.74, 6) is -0.316. The summed E-state index contributed by atoms with van der Waals surface area (Å²) in [5.41, 5.74) is 0. The fraction of sp³-hybridized carbons (Fsp3) is 0.250. The number of imidazole rings is 1. The first kappa shape index (κ1) is 17.2. The van der Waals surface area contributed by atoms with Gasteiger partial charge in [-0.05, 0) is 35.4 Å². The average molecular weight is 359 g/mol. The zero-order valence-corrected chi connectivity index (χ0v) is 13.8. The fourth-order valence-electron chi connectivity index (χ4n) is 1.83. The second-order valence-corrected chi connectivity index (χ2v) is 6.63. The molecule has 0 saturated carbocycles. The third-order valence-electron chi connectivity index (χ3n) is 2.97. The van der Waals surface area contributed by atoms with Crippen LogP contribution in [0, 0.1) is 10.1 Å². The summed E-state index contributed by atoms with van der Waals surface area (Å²) in [5, 5.41) is 9.97. The van der Waals surface area contributed by atoms with Gasteiger partial charge in [-0.1, -0.05) is 0 Å². The molecule has 124 valence electrons. The van der Waals surface area contributed by atoms with Gasteiger partial charge in [0.25, 0.3) is 5.03 Å². The maximum atomic E-state index is 11.2. The molecule has 1 aromatic carbocycles. The number of nitro groups is 1. The molecule has 11 heteroatoms. The van der Waals surface area contributed by atoms with E-state index in [1.54, 1.807) is 23.9 Å². The Bertz CT molecular complexity index is 829. The van der Waals surface area contributed by atoms with Crippen molar-refractivity contribution in [2.75, 3.05) is 6.26 Å². The lowest BCUT2D eigenvalue weighted by molar-refractivity contribution is -0.395. The van der Waals surface area contributed by atoms with Crippen LogP contribution >= 0.6 is 11.8 Å². The number of benzene rings is 1. The molecule has 2 aromatic rings. The summed E-state index contributed by atoms with van der Waals surface area (Å²) in [4.78, 5) is 14.7. The van der Waals surface area contributed by atoms with Crippen molar-refractivity contribution in [3.8, 4) is 5.75 Å². The predicted molar refractivity (Wildman–Crippen MR) is 82.2 cm³/mol. The van der Waals surface area contributed by atoms with Crippen molar-refractivity contribution in [3.63, 3.8) is 0 Å². The van der Waals surface area contributed by atoms with E-state index in [4.69, 9.17) is 9.29 Å². The molecular formula is C12H13N3O6S2. The van der Waals surface area contributed by atoms with Crippen molar-refractivity contribution < 1.29 is 22.6 Å². The summed E-state index contributed by atoms with van der Waals surface area (Å²) in [7, 11) is -3.53. The van der Waals surface area contributed by atoms with Crippen LogP contribution in [0.25, 0.3) is 0 Å². The number of aromatic nitrogens is 2. The van der Waals surface area contributed by atoms with Gasteiger partial charge in [-0.15, -0.1) is 11.8 Å². The van der Waals surface area contributed by atoms with Gasteiger partial charge in [-0.3, -0.25) is 4.55 Å². The van der Waals surface area contributed by atoms with Gasteiger partial charge < -0.3 is 14.9 Å². The third-order valence-corrected chi connectivity index (χ3v) is 4.48. The lowest BCUT2D eigenvalue weighted by atomic mass is 10.3. The Labute approximate surface area is 136 Å². The van der Waals surface area contributed by atoms with E-state index >= 15 is 0 Å². The molecule has 0 aliphatic rings. The van der Waals surface area contributed by atoms with Gasteiger partial charge in [-0.2, -0.15) is 13.4 Å². The van der Waals surface area contributed by atoms with Crippen LogP contribution in [0.5, 0.6) is 5.75 Å². The SMILES string of the molecule is CSc1ccc(OCc2nc(S(=O)(=O)O)c([N+](=O)[O-])n2C)cc1. The first-order valence-corrected chi connectivity index (χ1v) is 8.85. The normalized spacial score (nSPS) is 11.4. The van der Waals surface area contributed by atoms with Gasteiger partial charge in [0.05, 0.1) is 7.05 Å². The molecule has 9 nitrogen and oxygen atoms in total. The van der Waals surface area contributed by atoms with E-state index in [-0.39, 0.29) is 12.4 Å². The number of rotatable bonds is 6. The molecule has 0 radical (unpaired) electrons. The van der Waals surface area contributed by atoms with Crippen LogP contribution in [-0.4, -0.2) is 33.7 Å². The number of hydrogen-bond acceptors (Lipinski definition) is 7. The Balaban J connectivity index is 2.28. The largest absolute Gasteiger partial charge is 0.483 e. The van der Waals surface area contributed by atoms with Crippen molar-refractivity contribution in [2.24, 2.45) is 7.05 Å². The molecule has 0 atom stereocenters. The molecule has 23 heavy (non-hydrogen) atoms. The van der Waals surface area contributed by atoms with Crippen molar-refractivity contribution in [3.05, 3.63) is 40.2 Å². The quantitative estimate of drug-likeness (QED) is 0.359. The number of ether oxygens (including phenoxy) is 1. The maximum Gasteiger partial charge on any atom is 0.364 e. The molecular weight excluding hydrogens is 346 g/mol. The van der Waals surface area contributed by atoms with Crippen LogP contribution in [0.2, 0.25) is 0 Å². The standard InChI is InChI=1S/C12H13N3O6S2/c1-14-10(7-21-8-3-5-9(22-2)6-4-8)13-11(23(18,19)20)12(14)15(16)17/h3-6H,7H2,1-2H3,(H,18,19,20). The topological polar surface area (TPSA) is 125 Å². The highest BCUT2D eigenvalue weighted by molar-refractivity contribution is 7.98. The Morgan fingerprint density at radius 2 is 2.00 bits per heavy atom. The van der Waals surface area contributed by atoms with E-state index in [0.29, 0.717) is 5.75 Å². The molecule has 2 rings (SSSR count). The Kier molecular flexibility index (Phi) is 4.92. The monoisotopic (exact) mass is 359 g/mol. The number of hydrogen-bond donors (Lipinski definition) is 1. The zero-order valence-electron chi connectivity index (χ0n) is 12.2. The summed E-state index contributed by atoms with van der Waals surface area (Å²) in [6, 6.07) is 7.11.